The summed E-state index contributed by atoms with van der Waals surface area (Å²) in [6.45, 7) is 17.5. The highest BCUT2D eigenvalue weighted by Gasteiger charge is 2.31. The van der Waals surface area contributed by atoms with Crippen LogP contribution in [0, 0.1) is 13.8 Å². The second kappa shape index (κ2) is 21.9. The monoisotopic (exact) mass is 943 g/mol. The molecule has 0 aromatic carbocycles. The van der Waals surface area contributed by atoms with Crippen molar-refractivity contribution in [2.75, 3.05) is 100 Å². The Morgan fingerprint density at radius 3 is 1.71 bits per heavy atom. The van der Waals surface area contributed by atoms with Gasteiger partial charge in [-0.1, -0.05) is 54.9 Å². The maximum absolute atomic E-state index is 14.8. The van der Waals surface area contributed by atoms with Crippen molar-refractivity contribution < 1.29 is 27.8 Å². The van der Waals surface area contributed by atoms with Gasteiger partial charge in [-0.05, 0) is 92.1 Å². The number of aromatic nitrogens is 4. The van der Waals surface area contributed by atoms with Crippen molar-refractivity contribution in [2.24, 2.45) is 0 Å². The lowest BCUT2D eigenvalue weighted by molar-refractivity contribution is -0.870. The van der Waals surface area contributed by atoms with Gasteiger partial charge in [0.05, 0.1) is 111 Å². The second-order valence-electron chi connectivity index (χ2n) is 20.7. The fraction of sp³-hybridized carbons (Fsp3) is 0.519. The largest absolute Gasteiger partial charge is 0.355 e. The summed E-state index contributed by atoms with van der Waals surface area (Å²) in [7, 11) is 19.5. The maximum atomic E-state index is 14.8. The number of hydrogen-bond donors (Lipinski definition) is 2. The number of aromatic amines is 2. The zero-order chi connectivity index (χ0) is 48.0. The van der Waals surface area contributed by atoms with E-state index in [0.29, 0.717) is 52.6 Å². The number of aryl methyl sites for hydroxylation is 3. The molecule has 13 heteroatoms. The molecule has 2 aliphatic rings. The van der Waals surface area contributed by atoms with E-state index in [2.05, 4.69) is 126 Å². The van der Waals surface area contributed by atoms with E-state index in [0.717, 1.165) is 126 Å². The molecule has 0 saturated heterocycles. The van der Waals surface area contributed by atoms with Gasteiger partial charge < -0.3 is 23.4 Å². The van der Waals surface area contributed by atoms with Crippen LogP contribution in [0.5, 0.6) is 0 Å². The fourth-order valence-electron chi connectivity index (χ4n) is 8.47. The smallest absolute Gasteiger partial charge is 0.221 e. The summed E-state index contributed by atoms with van der Waals surface area (Å²) in [5.41, 5.74) is 14.5. The molecule has 0 fully saturated rings. The van der Waals surface area contributed by atoms with Gasteiger partial charge >= 0.3 is 0 Å². The van der Waals surface area contributed by atoms with Crippen LogP contribution in [0.15, 0.2) is 24.8 Å². The van der Waals surface area contributed by atoms with Crippen LogP contribution < -0.4 is 0 Å². The number of hydrogen-bond acceptors (Lipinski definition) is 8. The Balaban J connectivity index is 1.81. The van der Waals surface area contributed by atoms with E-state index >= 15 is 0 Å². The lowest BCUT2D eigenvalue weighted by Crippen LogP contribution is -2.35. The first kappa shape index (κ1) is 52.3. The Morgan fingerprint density at radius 2 is 1.14 bits per heavy atom. The molecule has 352 valence electrons. The number of quaternary nitrogens is 3. The van der Waals surface area contributed by atoms with Crippen molar-refractivity contribution in [3.05, 3.63) is 75.4 Å². The van der Waals surface area contributed by atoms with E-state index in [4.69, 9.17) is 9.97 Å². The van der Waals surface area contributed by atoms with Crippen LogP contribution in [-0.2, 0) is 27.2 Å². The van der Waals surface area contributed by atoms with Crippen LogP contribution in [0.2, 0.25) is 0 Å². The molecular weight excluding hydrogens is 867 g/mol. The van der Waals surface area contributed by atoms with Gasteiger partial charge in [0.25, 0.3) is 0 Å². The van der Waals surface area contributed by atoms with E-state index in [1.54, 1.807) is 0 Å². The minimum absolute atomic E-state index is 0.00549. The van der Waals surface area contributed by atoms with Crippen molar-refractivity contribution in [1.29, 1.82) is 0 Å². The van der Waals surface area contributed by atoms with Gasteiger partial charge in [0.2, 0.25) is 5.12 Å². The highest BCUT2D eigenvalue weighted by molar-refractivity contribution is 8.14. The zero-order valence-corrected chi connectivity index (χ0v) is 44.3. The normalized spacial score (nSPS) is 13.6. The molecule has 0 spiro atoms. The summed E-state index contributed by atoms with van der Waals surface area (Å²) in [5, 5.41) is 0.0851. The van der Waals surface area contributed by atoms with E-state index in [9.17, 15) is 14.4 Å². The topological polar surface area (TPSA) is 109 Å². The van der Waals surface area contributed by atoms with Gasteiger partial charge in [-0.2, -0.15) is 0 Å². The van der Waals surface area contributed by atoms with Gasteiger partial charge in [0, 0.05) is 82.6 Å². The number of carbonyl (C=O) groups is 3. The number of fused-ring (bicyclic) bond motifs is 8. The van der Waals surface area contributed by atoms with E-state index in [1.807, 2.05) is 13.0 Å². The van der Waals surface area contributed by atoms with Crippen LogP contribution in [0.25, 0.3) is 50.4 Å². The number of nitrogens with one attached hydrogen (secondary N) is 2. The van der Waals surface area contributed by atoms with Gasteiger partial charge in [-0.3, -0.25) is 14.4 Å². The van der Waals surface area contributed by atoms with Gasteiger partial charge in [-0.25, -0.2) is 9.97 Å². The second-order valence-corrected chi connectivity index (χ2v) is 24.0. The first-order valence-electron chi connectivity index (χ1n) is 23.1. The molecule has 0 atom stereocenters. The van der Waals surface area contributed by atoms with Gasteiger partial charge in [0.15, 0.2) is 10.2 Å². The van der Waals surface area contributed by atoms with Crippen molar-refractivity contribution in [3.8, 4) is 0 Å². The van der Waals surface area contributed by atoms with Gasteiger partial charge in [0.1, 0.15) is 0 Å². The SMILES string of the molecule is C=Cc1c(C)c2cc3nc(c(CC(=O)SCCC[N+](C)(C)C)c4nc(cc5[nH]c(cc1[nH]2)c(C)c5CC)C(C)=C4C(=O)SCCC[N+](C)(C)C)C(CCC(=O)SCCC[N+](C)(C)C)=C3C. The molecule has 3 aromatic heterocycles. The van der Waals surface area contributed by atoms with E-state index in [-0.39, 0.29) is 21.8 Å². The van der Waals surface area contributed by atoms with E-state index in [1.165, 1.54) is 40.8 Å². The Hall–Kier alpha value is -3.72. The van der Waals surface area contributed by atoms with Crippen LogP contribution >= 0.6 is 35.3 Å². The Bertz CT molecular complexity index is 2540. The highest BCUT2D eigenvalue weighted by atomic mass is 32.2. The molecule has 65 heavy (non-hydrogen) atoms. The number of allylic oxidation sites excluding steroid dienone is 3. The predicted octanol–water partition coefficient (Wildman–Crippen LogP) is 10.4. The zero-order valence-electron chi connectivity index (χ0n) is 41.9. The maximum Gasteiger partial charge on any atom is 0.221 e. The Morgan fingerprint density at radius 1 is 0.631 bits per heavy atom. The fourth-order valence-corrected chi connectivity index (χ4v) is 10.8. The first-order chi connectivity index (χ1) is 30.4. The lowest BCUT2D eigenvalue weighted by atomic mass is 9.94. The summed E-state index contributed by atoms with van der Waals surface area (Å²) in [6, 6.07) is 6.31. The lowest BCUT2D eigenvalue weighted by Gasteiger charge is -2.23. The number of H-pyrrole nitrogens is 2. The molecule has 0 amide bonds. The molecule has 2 N–H and O–H groups in total. The van der Waals surface area contributed by atoms with Crippen LogP contribution in [0.4, 0.5) is 0 Å². The van der Waals surface area contributed by atoms with Crippen molar-refractivity contribution in [3.63, 3.8) is 0 Å². The molecular formula is C52H76N7O3S3+3. The summed E-state index contributed by atoms with van der Waals surface area (Å²) < 4.78 is 2.49. The molecule has 0 aliphatic carbocycles. The molecule has 3 aromatic rings. The molecule has 0 radical (unpaired) electrons. The predicted molar refractivity (Wildman–Crippen MR) is 283 cm³/mol. The molecule has 2 aliphatic heterocycles. The first-order valence-corrected chi connectivity index (χ1v) is 26.1. The average molecular weight is 943 g/mol. The molecule has 0 unspecified atom stereocenters. The Kier molecular flexibility index (Phi) is 17.6. The third-order valence-electron chi connectivity index (χ3n) is 12.2. The van der Waals surface area contributed by atoms with Crippen LogP contribution in [-0.4, -0.2) is 149 Å². The summed E-state index contributed by atoms with van der Waals surface area (Å²) in [6.07, 6.45) is 6.23. The summed E-state index contributed by atoms with van der Waals surface area (Å²) in [5.74, 6) is 2.12. The molecule has 0 saturated carbocycles. The molecule has 5 rings (SSSR count). The number of rotatable bonds is 20. The third kappa shape index (κ3) is 13.9. The molecule has 8 bridgehead atoms. The number of thioether (sulfide) groups is 3. The minimum atomic E-state index is -0.0554. The quantitative estimate of drug-likeness (QED) is 0.0852. The number of carbonyl (C=O) groups excluding carboxylic acids is 3. The summed E-state index contributed by atoms with van der Waals surface area (Å²) >= 11 is 4.07. The molecule has 5 heterocycles. The molecule has 10 nitrogen and oxygen atoms in total. The Labute approximate surface area is 402 Å². The average Bonchev–Trinajstić information content (AvgIpc) is 3.89. The van der Waals surface area contributed by atoms with Crippen LogP contribution in [0.1, 0.15) is 103 Å². The van der Waals surface area contributed by atoms with Crippen molar-refractivity contribution in [1.82, 2.24) is 19.9 Å². The van der Waals surface area contributed by atoms with Crippen molar-refractivity contribution in [2.45, 2.75) is 79.6 Å². The van der Waals surface area contributed by atoms with Crippen molar-refractivity contribution >= 4 is 101 Å². The highest BCUT2D eigenvalue weighted by Crippen LogP contribution is 2.42. The summed E-state index contributed by atoms with van der Waals surface area (Å²) in [4.78, 5) is 61.0. The minimum Gasteiger partial charge on any atom is -0.355 e. The standard InChI is InChI=1S/C52H75N7O3S3/c1-16-37-33(3)41-30-43-35(5)39(21-22-47(60)63-26-18-23-57(7,8)9)50(55-43)40(29-48(61)64-27-19-24-58(10,11)12)51-49(52(62)65-28-20-25-59(13,14)15)36(6)44(56-51)32-46-38(17-2)34(4)42(54-46)31-45(37)53-41/h16,30-32H,1,17-29H2,2-15H3,(H-,53,54,55,56,62)/q+2/p+1. The van der Waals surface area contributed by atoms with Crippen LogP contribution in [0.3, 0.4) is 0 Å². The number of nitrogens with zero attached hydrogens (tertiary/aromatic N) is 5. The third-order valence-corrected chi connectivity index (χ3v) is 15.1. The van der Waals surface area contributed by atoms with Gasteiger partial charge in [-0.15, -0.1) is 0 Å². The van der Waals surface area contributed by atoms with E-state index < -0.39 is 0 Å².